The van der Waals surface area contributed by atoms with Crippen molar-refractivity contribution in [2.75, 3.05) is 18.8 Å². The molecule has 0 saturated carbocycles. The number of nitrogens with zero attached hydrogens (tertiary/aromatic N) is 3. The minimum atomic E-state index is -0.210. The summed E-state index contributed by atoms with van der Waals surface area (Å²) in [5.41, 5.74) is 6.34. The lowest BCUT2D eigenvalue weighted by atomic mass is 10.3. The molecular formula is C11H16N4O. The quantitative estimate of drug-likeness (QED) is 0.747. The van der Waals surface area contributed by atoms with E-state index in [1.807, 2.05) is 0 Å². The molecule has 0 aliphatic rings. The van der Waals surface area contributed by atoms with Crippen LogP contribution < -0.4 is 5.73 Å². The van der Waals surface area contributed by atoms with E-state index in [2.05, 4.69) is 18.3 Å². The van der Waals surface area contributed by atoms with Crippen LogP contribution >= 0.6 is 0 Å². The summed E-state index contributed by atoms with van der Waals surface area (Å²) < 4.78 is 1.52. The molecule has 5 heteroatoms. The van der Waals surface area contributed by atoms with E-state index >= 15 is 0 Å². The smallest absolute Gasteiger partial charge is 0.277 e. The van der Waals surface area contributed by atoms with Crippen LogP contribution in [0, 0.1) is 0 Å². The number of carbonyl (C=O) groups is 1. The van der Waals surface area contributed by atoms with Crippen LogP contribution in [0.25, 0.3) is 0 Å². The highest BCUT2D eigenvalue weighted by Crippen LogP contribution is 2.11. The molecule has 2 N–H and O–H groups in total. The molecule has 0 aliphatic heterocycles. The SMILES string of the molecule is C=CCN(CC=C)C(=O)c1nn(C)cc1N. The van der Waals surface area contributed by atoms with E-state index in [-0.39, 0.29) is 11.6 Å². The Bertz CT molecular complexity index is 398. The Morgan fingerprint density at radius 2 is 2.12 bits per heavy atom. The van der Waals surface area contributed by atoms with E-state index in [1.165, 1.54) is 4.68 Å². The zero-order valence-corrected chi connectivity index (χ0v) is 9.39. The predicted octanol–water partition coefficient (Wildman–Crippen LogP) is 0.817. The molecule has 86 valence electrons. The van der Waals surface area contributed by atoms with E-state index in [1.54, 1.807) is 30.3 Å². The van der Waals surface area contributed by atoms with Crippen LogP contribution in [0.3, 0.4) is 0 Å². The van der Waals surface area contributed by atoms with Gasteiger partial charge in [0.05, 0.1) is 5.69 Å². The highest BCUT2D eigenvalue weighted by atomic mass is 16.2. The van der Waals surface area contributed by atoms with Crippen molar-refractivity contribution in [2.24, 2.45) is 7.05 Å². The number of hydrogen-bond donors (Lipinski definition) is 1. The van der Waals surface area contributed by atoms with Crippen LogP contribution in [0.5, 0.6) is 0 Å². The van der Waals surface area contributed by atoms with Crippen molar-refractivity contribution in [3.63, 3.8) is 0 Å². The van der Waals surface area contributed by atoms with Crippen molar-refractivity contribution in [2.45, 2.75) is 0 Å². The van der Waals surface area contributed by atoms with E-state index in [9.17, 15) is 4.79 Å². The monoisotopic (exact) mass is 220 g/mol. The number of aromatic nitrogens is 2. The number of nitrogen functional groups attached to an aromatic ring is 1. The molecule has 0 aliphatic carbocycles. The zero-order valence-electron chi connectivity index (χ0n) is 9.39. The van der Waals surface area contributed by atoms with Crippen molar-refractivity contribution in [3.8, 4) is 0 Å². The summed E-state index contributed by atoms with van der Waals surface area (Å²) in [6, 6.07) is 0. The third-order valence-electron chi connectivity index (χ3n) is 2.05. The summed E-state index contributed by atoms with van der Waals surface area (Å²) in [4.78, 5) is 13.6. The van der Waals surface area contributed by atoms with Crippen LogP contribution in [-0.4, -0.2) is 33.7 Å². The van der Waals surface area contributed by atoms with E-state index in [4.69, 9.17) is 5.73 Å². The topological polar surface area (TPSA) is 64.2 Å². The van der Waals surface area contributed by atoms with Gasteiger partial charge in [0.1, 0.15) is 0 Å². The first-order valence-electron chi connectivity index (χ1n) is 4.90. The van der Waals surface area contributed by atoms with Crippen LogP contribution in [0.2, 0.25) is 0 Å². The van der Waals surface area contributed by atoms with Gasteiger partial charge < -0.3 is 10.6 Å². The fourth-order valence-corrected chi connectivity index (χ4v) is 1.37. The molecule has 1 amide bonds. The number of amides is 1. The van der Waals surface area contributed by atoms with Gasteiger partial charge in [0, 0.05) is 26.3 Å². The second-order valence-corrected chi connectivity index (χ2v) is 3.39. The molecule has 0 bridgehead atoms. The Balaban J connectivity index is 2.93. The van der Waals surface area contributed by atoms with E-state index in [0.29, 0.717) is 18.8 Å². The maximum absolute atomic E-state index is 12.0. The van der Waals surface area contributed by atoms with Gasteiger partial charge in [-0.25, -0.2) is 0 Å². The number of hydrogen-bond acceptors (Lipinski definition) is 3. The second kappa shape index (κ2) is 5.16. The first-order valence-corrected chi connectivity index (χ1v) is 4.90. The van der Waals surface area contributed by atoms with Gasteiger partial charge in [-0.15, -0.1) is 13.2 Å². The number of rotatable bonds is 5. The van der Waals surface area contributed by atoms with E-state index < -0.39 is 0 Å². The highest BCUT2D eigenvalue weighted by Gasteiger charge is 2.19. The Hall–Kier alpha value is -2.04. The molecule has 0 aromatic carbocycles. The molecule has 0 fully saturated rings. The standard InChI is InChI=1S/C11H16N4O/c1-4-6-15(7-5-2)11(16)10-9(12)8-14(3)13-10/h4-5,8H,1-2,6-7,12H2,3H3. The fourth-order valence-electron chi connectivity index (χ4n) is 1.37. The average Bonchev–Trinajstić information content (AvgIpc) is 2.56. The number of aryl methyl sites for hydroxylation is 1. The second-order valence-electron chi connectivity index (χ2n) is 3.39. The molecule has 0 unspecified atom stereocenters. The summed E-state index contributed by atoms with van der Waals surface area (Å²) >= 11 is 0. The van der Waals surface area contributed by atoms with Gasteiger partial charge in [0.2, 0.25) is 0 Å². The molecule has 1 heterocycles. The van der Waals surface area contributed by atoms with Crippen LogP contribution in [0.1, 0.15) is 10.5 Å². The van der Waals surface area contributed by atoms with Gasteiger partial charge in [0.25, 0.3) is 5.91 Å². The third kappa shape index (κ3) is 2.50. The van der Waals surface area contributed by atoms with Crippen molar-refractivity contribution >= 4 is 11.6 Å². The predicted molar refractivity (Wildman–Crippen MR) is 63.9 cm³/mol. The zero-order chi connectivity index (χ0) is 12.1. The lowest BCUT2D eigenvalue weighted by molar-refractivity contribution is 0.0785. The third-order valence-corrected chi connectivity index (χ3v) is 2.05. The van der Waals surface area contributed by atoms with Gasteiger partial charge in [-0.05, 0) is 0 Å². The van der Waals surface area contributed by atoms with E-state index in [0.717, 1.165) is 0 Å². The first kappa shape index (κ1) is 12.0. The summed E-state index contributed by atoms with van der Waals surface area (Å²) in [5, 5.41) is 4.03. The highest BCUT2D eigenvalue weighted by molar-refractivity contribution is 5.97. The molecule has 5 nitrogen and oxygen atoms in total. The minimum Gasteiger partial charge on any atom is -0.396 e. The molecule has 0 radical (unpaired) electrons. The number of carbonyl (C=O) groups excluding carboxylic acids is 1. The minimum absolute atomic E-state index is 0.210. The Morgan fingerprint density at radius 1 is 1.56 bits per heavy atom. The molecule has 16 heavy (non-hydrogen) atoms. The van der Waals surface area contributed by atoms with Crippen molar-refractivity contribution < 1.29 is 4.79 Å². The molecule has 1 rings (SSSR count). The average molecular weight is 220 g/mol. The Labute approximate surface area is 94.8 Å². The summed E-state index contributed by atoms with van der Waals surface area (Å²) in [6.07, 6.45) is 4.91. The number of nitrogens with two attached hydrogens (primary N) is 1. The van der Waals surface area contributed by atoms with Crippen molar-refractivity contribution in [1.82, 2.24) is 14.7 Å². The Kier molecular flexibility index (Phi) is 3.88. The molecule has 1 aromatic heterocycles. The Morgan fingerprint density at radius 3 is 2.50 bits per heavy atom. The maximum Gasteiger partial charge on any atom is 0.277 e. The summed E-state index contributed by atoms with van der Waals surface area (Å²) in [5.74, 6) is -0.210. The normalized spacial score (nSPS) is 9.81. The van der Waals surface area contributed by atoms with Crippen LogP contribution in [0.15, 0.2) is 31.5 Å². The molecule has 0 saturated heterocycles. The van der Waals surface area contributed by atoms with Crippen molar-refractivity contribution in [3.05, 3.63) is 37.2 Å². The van der Waals surface area contributed by atoms with Gasteiger partial charge in [-0.3, -0.25) is 9.48 Å². The molecule has 1 aromatic rings. The van der Waals surface area contributed by atoms with Gasteiger partial charge >= 0.3 is 0 Å². The largest absolute Gasteiger partial charge is 0.396 e. The van der Waals surface area contributed by atoms with Crippen LogP contribution in [0.4, 0.5) is 5.69 Å². The van der Waals surface area contributed by atoms with Gasteiger partial charge in [-0.1, -0.05) is 12.2 Å². The van der Waals surface area contributed by atoms with Gasteiger partial charge in [-0.2, -0.15) is 5.10 Å². The van der Waals surface area contributed by atoms with Gasteiger partial charge in [0.15, 0.2) is 5.69 Å². The summed E-state index contributed by atoms with van der Waals surface area (Å²) in [6.45, 7) is 8.09. The lowest BCUT2D eigenvalue weighted by Crippen LogP contribution is -2.32. The number of anilines is 1. The summed E-state index contributed by atoms with van der Waals surface area (Å²) in [7, 11) is 1.72. The van der Waals surface area contributed by atoms with Crippen LogP contribution in [-0.2, 0) is 7.05 Å². The molecule has 0 spiro atoms. The first-order chi connectivity index (χ1) is 7.60. The maximum atomic E-state index is 12.0. The lowest BCUT2D eigenvalue weighted by Gasteiger charge is -2.17. The van der Waals surface area contributed by atoms with Crippen molar-refractivity contribution in [1.29, 1.82) is 0 Å². The molecular weight excluding hydrogens is 204 g/mol. The molecule has 0 atom stereocenters. The fraction of sp³-hybridized carbons (Fsp3) is 0.273.